The van der Waals surface area contributed by atoms with Crippen LogP contribution in [0.4, 0.5) is 0 Å². The molecule has 1 aliphatic rings. The van der Waals surface area contributed by atoms with Gasteiger partial charge in [-0.05, 0) is 42.2 Å². The van der Waals surface area contributed by atoms with Gasteiger partial charge in [0, 0.05) is 12.3 Å². The summed E-state index contributed by atoms with van der Waals surface area (Å²) in [7, 11) is 0. The topological polar surface area (TPSA) is 30.2 Å². The zero-order chi connectivity index (χ0) is 13.1. The van der Waals surface area contributed by atoms with E-state index in [-0.39, 0.29) is 11.7 Å². The fourth-order valence-corrected chi connectivity index (χ4v) is 2.60. The minimum atomic E-state index is 0.246. The molecule has 1 atom stereocenters. The SMILES string of the molecule is O=C1CC(c2ccco2)CCC1=Cc1ccccc1. The average Bonchev–Trinajstić information content (AvgIpc) is 2.96. The van der Waals surface area contributed by atoms with Crippen LogP contribution in [-0.4, -0.2) is 5.78 Å². The highest BCUT2D eigenvalue weighted by Crippen LogP contribution is 2.34. The number of hydrogen-bond acceptors (Lipinski definition) is 2. The maximum Gasteiger partial charge on any atom is 0.159 e. The number of ketones is 1. The lowest BCUT2D eigenvalue weighted by molar-refractivity contribution is -0.116. The van der Waals surface area contributed by atoms with Gasteiger partial charge in [0.2, 0.25) is 0 Å². The van der Waals surface area contributed by atoms with E-state index >= 15 is 0 Å². The van der Waals surface area contributed by atoms with Gasteiger partial charge in [0.05, 0.1) is 6.26 Å². The van der Waals surface area contributed by atoms with E-state index in [4.69, 9.17) is 4.42 Å². The number of hydrogen-bond donors (Lipinski definition) is 0. The maximum absolute atomic E-state index is 12.2. The first-order chi connectivity index (χ1) is 9.33. The summed E-state index contributed by atoms with van der Waals surface area (Å²) in [5.74, 6) is 1.43. The highest BCUT2D eigenvalue weighted by Gasteiger charge is 2.26. The molecule has 19 heavy (non-hydrogen) atoms. The molecule has 0 spiro atoms. The van der Waals surface area contributed by atoms with E-state index in [1.807, 2.05) is 48.5 Å². The van der Waals surface area contributed by atoms with Crippen LogP contribution in [0.2, 0.25) is 0 Å². The molecule has 0 saturated heterocycles. The second kappa shape index (κ2) is 5.27. The number of benzene rings is 1. The van der Waals surface area contributed by atoms with Crippen LogP contribution < -0.4 is 0 Å². The number of carbonyl (C=O) groups is 1. The molecule has 1 aromatic carbocycles. The molecule has 96 valence electrons. The summed E-state index contributed by atoms with van der Waals surface area (Å²) in [5, 5.41) is 0. The first-order valence-electron chi connectivity index (χ1n) is 6.65. The molecule has 0 radical (unpaired) electrons. The lowest BCUT2D eigenvalue weighted by atomic mass is 9.83. The predicted octanol–water partition coefficient (Wildman–Crippen LogP) is 4.20. The summed E-state index contributed by atoms with van der Waals surface area (Å²) in [6.45, 7) is 0. The van der Waals surface area contributed by atoms with E-state index in [9.17, 15) is 4.79 Å². The molecule has 3 rings (SSSR count). The zero-order valence-electron chi connectivity index (χ0n) is 10.7. The van der Waals surface area contributed by atoms with Crippen molar-refractivity contribution < 1.29 is 9.21 Å². The van der Waals surface area contributed by atoms with Gasteiger partial charge in [-0.2, -0.15) is 0 Å². The molecule has 2 heteroatoms. The minimum Gasteiger partial charge on any atom is -0.469 e. The molecule has 1 unspecified atom stereocenters. The summed E-state index contributed by atoms with van der Waals surface area (Å²) in [6, 6.07) is 13.9. The Hall–Kier alpha value is -2.09. The summed E-state index contributed by atoms with van der Waals surface area (Å²) < 4.78 is 5.40. The van der Waals surface area contributed by atoms with Gasteiger partial charge in [-0.15, -0.1) is 0 Å². The maximum atomic E-state index is 12.2. The van der Waals surface area contributed by atoms with Crippen LogP contribution in [-0.2, 0) is 4.79 Å². The van der Waals surface area contributed by atoms with Crippen molar-refractivity contribution in [2.45, 2.75) is 25.2 Å². The third kappa shape index (κ3) is 2.68. The van der Waals surface area contributed by atoms with Crippen molar-refractivity contribution in [1.82, 2.24) is 0 Å². The van der Waals surface area contributed by atoms with Crippen LogP contribution in [0.5, 0.6) is 0 Å². The van der Waals surface area contributed by atoms with Gasteiger partial charge in [-0.3, -0.25) is 4.79 Å². The van der Waals surface area contributed by atoms with E-state index in [2.05, 4.69) is 0 Å². The van der Waals surface area contributed by atoms with E-state index in [1.54, 1.807) is 6.26 Å². The number of Topliss-reactive ketones (excluding diaryl/α,β-unsaturated/α-hetero) is 1. The van der Waals surface area contributed by atoms with Gasteiger partial charge < -0.3 is 4.42 Å². The molecular weight excluding hydrogens is 236 g/mol. The third-order valence-corrected chi connectivity index (χ3v) is 3.64. The number of rotatable bonds is 2. The first-order valence-corrected chi connectivity index (χ1v) is 6.65. The van der Waals surface area contributed by atoms with Crippen molar-refractivity contribution in [3.8, 4) is 0 Å². The van der Waals surface area contributed by atoms with Crippen LogP contribution in [0.15, 0.2) is 58.7 Å². The zero-order valence-corrected chi connectivity index (χ0v) is 10.7. The first kappa shape index (κ1) is 12.0. The Labute approximate surface area is 112 Å². The largest absolute Gasteiger partial charge is 0.469 e. The van der Waals surface area contributed by atoms with Crippen LogP contribution in [0.25, 0.3) is 6.08 Å². The molecule has 0 amide bonds. The lowest BCUT2D eigenvalue weighted by Crippen LogP contribution is -2.15. The monoisotopic (exact) mass is 252 g/mol. The smallest absolute Gasteiger partial charge is 0.159 e. The fraction of sp³-hybridized carbons (Fsp3) is 0.235. The Kier molecular flexibility index (Phi) is 3.32. The van der Waals surface area contributed by atoms with Gasteiger partial charge in [-0.1, -0.05) is 30.3 Å². The van der Waals surface area contributed by atoms with Crippen molar-refractivity contribution in [3.63, 3.8) is 0 Å². The van der Waals surface area contributed by atoms with Gasteiger partial charge in [0.1, 0.15) is 5.76 Å². The van der Waals surface area contributed by atoms with Gasteiger partial charge in [0.15, 0.2) is 5.78 Å². The van der Waals surface area contributed by atoms with Crippen molar-refractivity contribution in [2.24, 2.45) is 0 Å². The fourth-order valence-electron chi connectivity index (χ4n) is 2.60. The highest BCUT2D eigenvalue weighted by molar-refractivity contribution is 6.00. The minimum absolute atomic E-state index is 0.246. The molecule has 1 saturated carbocycles. The molecule has 1 heterocycles. The van der Waals surface area contributed by atoms with Crippen molar-refractivity contribution in [1.29, 1.82) is 0 Å². The van der Waals surface area contributed by atoms with E-state index in [0.717, 1.165) is 29.7 Å². The Morgan fingerprint density at radius 3 is 2.63 bits per heavy atom. The summed E-state index contributed by atoms with van der Waals surface area (Å²) in [5.41, 5.74) is 2.04. The number of carbonyl (C=O) groups excluding carboxylic acids is 1. The van der Waals surface area contributed by atoms with Crippen molar-refractivity contribution in [2.75, 3.05) is 0 Å². The molecule has 0 aliphatic heterocycles. The van der Waals surface area contributed by atoms with Crippen molar-refractivity contribution in [3.05, 3.63) is 65.6 Å². The molecule has 2 nitrogen and oxygen atoms in total. The van der Waals surface area contributed by atoms with Crippen LogP contribution in [0, 0.1) is 0 Å². The summed E-state index contributed by atoms with van der Waals surface area (Å²) in [4.78, 5) is 12.2. The van der Waals surface area contributed by atoms with Crippen molar-refractivity contribution >= 4 is 11.9 Å². The molecule has 0 bridgehead atoms. The molecule has 1 aromatic heterocycles. The van der Waals surface area contributed by atoms with Crippen LogP contribution in [0.3, 0.4) is 0 Å². The second-order valence-electron chi connectivity index (χ2n) is 4.96. The quantitative estimate of drug-likeness (QED) is 0.750. The van der Waals surface area contributed by atoms with Crippen LogP contribution in [0.1, 0.15) is 36.5 Å². The molecular formula is C17H16O2. The predicted molar refractivity (Wildman–Crippen MR) is 74.7 cm³/mol. The Morgan fingerprint density at radius 1 is 1.11 bits per heavy atom. The standard InChI is InChI=1S/C17H16O2/c18-16-12-15(17-7-4-10-19-17)9-8-14(16)11-13-5-2-1-3-6-13/h1-7,10-11,15H,8-9,12H2. The molecule has 0 N–H and O–H groups in total. The molecule has 2 aromatic rings. The third-order valence-electron chi connectivity index (χ3n) is 3.64. The summed E-state index contributed by atoms with van der Waals surface area (Å²) >= 11 is 0. The van der Waals surface area contributed by atoms with Gasteiger partial charge >= 0.3 is 0 Å². The number of furan rings is 1. The Balaban J connectivity index is 1.75. The highest BCUT2D eigenvalue weighted by atomic mass is 16.3. The van der Waals surface area contributed by atoms with Gasteiger partial charge in [0.25, 0.3) is 0 Å². The molecule has 1 fully saturated rings. The van der Waals surface area contributed by atoms with E-state index in [1.165, 1.54) is 0 Å². The average molecular weight is 252 g/mol. The Bertz CT molecular complexity index is 579. The second-order valence-corrected chi connectivity index (χ2v) is 4.96. The Morgan fingerprint density at radius 2 is 1.95 bits per heavy atom. The normalized spacial score (nSPS) is 21.8. The van der Waals surface area contributed by atoms with E-state index in [0.29, 0.717) is 6.42 Å². The van der Waals surface area contributed by atoms with E-state index < -0.39 is 0 Å². The number of allylic oxidation sites excluding steroid dienone is 1. The molecule has 1 aliphatic carbocycles. The lowest BCUT2D eigenvalue weighted by Gasteiger charge is -2.21. The van der Waals surface area contributed by atoms with Crippen LogP contribution >= 0.6 is 0 Å². The summed E-state index contributed by atoms with van der Waals surface area (Å²) in [6.07, 6.45) is 6.07. The van der Waals surface area contributed by atoms with Gasteiger partial charge in [-0.25, -0.2) is 0 Å².